The number of ether oxygens (including phenoxy) is 1. The molecular weight excluding hydrogens is 369 g/mol. The standard InChI is InChI=1S/C24H30FNO3/c1-24(2,3)22(23(28)29-16-17-8-5-4-6-9-17)26-13-19(15-27)21(14-26)18-10-7-11-20(25)12-18/h4-12,19,21-22,27H,13-16H2,1-3H3/t19?,21-,22?/m1/s1. The van der Waals surface area contributed by atoms with Gasteiger partial charge in [0.25, 0.3) is 0 Å². The van der Waals surface area contributed by atoms with Crippen LogP contribution in [0.1, 0.15) is 37.8 Å². The van der Waals surface area contributed by atoms with Gasteiger partial charge in [0, 0.05) is 31.5 Å². The van der Waals surface area contributed by atoms with E-state index in [-0.39, 0.29) is 42.3 Å². The molecule has 0 bridgehead atoms. The fourth-order valence-corrected chi connectivity index (χ4v) is 4.27. The fourth-order valence-electron chi connectivity index (χ4n) is 4.27. The Morgan fingerprint density at radius 2 is 1.90 bits per heavy atom. The van der Waals surface area contributed by atoms with Gasteiger partial charge in [0.05, 0.1) is 0 Å². The summed E-state index contributed by atoms with van der Waals surface area (Å²) in [7, 11) is 0. The molecule has 0 aliphatic carbocycles. The van der Waals surface area contributed by atoms with Crippen LogP contribution >= 0.6 is 0 Å². The Labute approximate surface area is 172 Å². The molecule has 1 heterocycles. The van der Waals surface area contributed by atoms with Gasteiger partial charge in [-0.2, -0.15) is 0 Å². The topological polar surface area (TPSA) is 49.8 Å². The highest BCUT2D eigenvalue weighted by Crippen LogP contribution is 2.37. The number of rotatable bonds is 6. The van der Waals surface area contributed by atoms with Crippen molar-refractivity contribution in [3.05, 3.63) is 71.5 Å². The molecule has 0 aromatic heterocycles. The van der Waals surface area contributed by atoms with Gasteiger partial charge in [-0.25, -0.2) is 4.39 Å². The van der Waals surface area contributed by atoms with E-state index in [1.54, 1.807) is 6.07 Å². The van der Waals surface area contributed by atoms with Crippen molar-refractivity contribution in [3.63, 3.8) is 0 Å². The maximum absolute atomic E-state index is 13.7. The minimum Gasteiger partial charge on any atom is -0.460 e. The van der Waals surface area contributed by atoms with E-state index >= 15 is 0 Å². The normalized spacial score (nSPS) is 21.1. The molecule has 2 aromatic carbocycles. The van der Waals surface area contributed by atoms with Gasteiger partial charge in [0.1, 0.15) is 18.5 Å². The highest BCUT2D eigenvalue weighted by molar-refractivity contribution is 5.77. The van der Waals surface area contributed by atoms with Crippen molar-refractivity contribution in [1.82, 2.24) is 4.90 Å². The fraction of sp³-hybridized carbons (Fsp3) is 0.458. The van der Waals surface area contributed by atoms with E-state index in [1.807, 2.05) is 57.2 Å². The summed E-state index contributed by atoms with van der Waals surface area (Å²) in [5, 5.41) is 9.92. The van der Waals surface area contributed by atoms with Crippen LogP contribution in [0.25, 0.3) is 0 Å². The number of carbonyl (C=O) groups excluding carboxylic acids is 1. The predicted molar refractivity (Wildman–Crippen MR) is 111 cm³/mol. The Balaban J connectivity index is 1.77. The summed E-state index contributed by atoms with van der Waals surface area (Å²) in [6.07, 6.45) is 0. The number of halogens is 1. The van der Waals surface area contributed by atoms with E-state index < -0.39 is 6.04 Å². The van der Waals surface area contributed by atoms with Crippen molar-refractivity contribution >= 4 is 5.97 Å². The van der Waals surface area contributed by atoms with E-state index in [1.165, 1.54) is 12.1 Å². The molecule has 1 aliphatic heterocycles. The Morgan fingerprint density at radius 3 is 2.52 bits per heavy atom. The Hall–Kier alpha value is -2.24. The molecule has 3 rings (SSSR count). The van der Waals surface area contributed by atoms with E-state index in [9.17, 15) is 14.3 Å². The lowest BCUT2D eigenvalue weighted by molar-refractivity contribution is -0.155. The summed E-state index contributed by atoms with van der Waals surface area (Å²) in [4.78, 5) is 15.1. The summed E-state index contributed by atoms with van der Waals surface area (Å²) in [6, 6.07) is 15.7. The molecule has 0 spiro atoms. The van der Waals surface area contributed by atoms with Gasteiger partial charge < -0.3 is 9.84 Å². The van der Waals surface area contributed by atoms with Crippen molar-refractivity contribution in [1.29, 1.82) is 0 Å². The van der Waals surface area contributed by atoms with Gasteiger partial charge in [0.15, 0.2) is 0 Å². The van der Waals surface area contributed by atoms with E-state index in [0.717, 1.165) is 11.1 Å². The number of hydrogen-bond donors (Lipinski definition) is 1. The maximum atomic E-state index is 13.7. The second-order valence-corrected chi connectivity index (χ2v) is 8.92. The van der Waals surface area contributed by atoms with E-state index in [2.05, 4.69) is 4.90 Å². The molecule has 0 radical (unpaired) electrons. The molecular formula is C24H30FNO3. The van der Waals surface area contributed by atoms with Crippen molar-refractivity contribution in [2.24, 2.45) is 11.3 Å². The molecule has 1 N–H and O–H groups in total. The lowest BCUT2D eigenvalue weighted by atomic mass is 9.85. The number of benzene rings is 2. The largest absolute Gasteiger partial charge is 0.460 e. The summed E-state index contributed by atoms with van der Waals surface area (Å²) in [5.41, 5.74) is 1.46. The van der Waals surface area contributed by atoms with Crippen LogP contribution in [-0.4, -0.2) is 41.7 Å². The summed E-state index contributed by atoms with van der Waals surface area (Å²) in [6.45, 7) is 7.43. The molecule has 0 amide bonds. The number of esters is 1. The van der Waals surface area contributed by atoms with Gasteiger partial charge in [-0.3, -0.25) is 9.69 Å². The van der Waals surface area contributed by atoms with Crippen LogP contribution in [0.15, 0.2) is 54.6 Å². The molecule has 2 aromatic rings. The minimum atomic E-state index is -0.446. The summed E-state index contributed by atoms with van der Waals surface area (Å²) in [5.74, 6) is -0.628. The first-order valence-corrected chi connectivity index (χ1v) is 10.1. The number of aliphatic hydroxyl groups excluding tert-OH is 1. The smallest absolute Gasteiger partial charge is 0.324 e. The zero-order valence-corrected chi connectivity index (χ0v) is 17.3. The van der Waals surface area contributed by atoms with Crippen LogP contribution in [0.3, 0.4) is 0 Å². The Morgan fingerprint density at radius 1 is 1.17 bits per heavy atom. The minimum absolute atomic E-state index is 0.00634. The lowest BCUT2D eigenvalue weighted by Crippen LogP contribution is -2.49. The number of aliphatic hydroxyl groups is 1. The van der Waals surface area contributed by atoms with Crippen LogP contribution in [0.2, 0.25) is 0 Å². The highest BCUT2D eigenvalue weighted by Gasteiger charge is 2.44. The van der Waals surface area contributed by atoms with Crippen molar-refractivity contribution in [2.75, 3.05) is 19.7 Å². The van der Waals surface area contributed by atoms with Crippen molar-refractivity contribution < 1.29 is 19.0 Å². The first-order valence-electron chi connectivity index (χ1n) is 10.1. The average Bonchev–Trinajstić information content (AvgIpc) is 3.10. The van der Waals surface area contributed by atoms with E-state index in [4.69, 9.17) is 4.74 Å². The van der Waals surface area contributed by atoms with Gasteiger partial charge >= 0.3 is 5.97 Å². The first-order chi connectivity index (χ1) is 13.8. The van der Waals surface area contributed by atoms with Gasteiger partial charge in [-0.15, -0.1) is 0 Å². The third-order valence-corrected chi connectivity index (χ3v) is 5.61. The second-order valence-electron chi connectivity index (χ2n) is 8.92. The number of nitrogens with zero attached hydrogens (tertiary/aromatic N) is 1. The molecule has 3 atom stereocenters. The van der Waals surface area contributed by atoms with Crippen LogP contribution in [0.4, 0.5) is 4.39 Å². The van der Waals surface area contributed by atoms with Crippen LogP contribution in [-0.2, 0) is 16.1 Å². The number of likely N-dealkylation sites (tertiary alicyclic amines) is 1. The molecule has 1 saturated heterocycles. The predicted octanol–water partition coefficient (Wildman–Crippen LogP) is 3.99. The zero-order valence-electron chi connectivity index (χ0n) is 17.3. The van der Waals surface area contributed by atoms with Crippen molar-refractivity contribution in [3.8, 4) is 0 Å². The molecule has 4 nitrogen and oxygen atoms in total. The zero-order chi connectivity index (χ0) is 21.0. The van der Waals surface area contributed by atoms with Crippen LogP contribution < -0.4 is 0 Å². The molecule has 29 heavy (non-hydrogen) atoms. The summed E-state index contributed by atoms with van der Waals surface area (Å²) >= 11 is 0. The highest BCUT2D eigenvalue weighted by atomic mass is 19.1. The Kier molecular flexibility index (Phi) is 6.70. The number of hydrogen-bond acceptors (Lipinski definition) is 4. The lowest BCUT2D eigenvalue weighted by Gasteiger charge is -2.36. The van der Waals surface area contributed by atoms with Crippen molar-refractivity contribution in [2.45, 2.75) is 39.3 Å². The molecule has 2 unspecified atom stereocenters. The average molecular weight is 400 g/mol. The summed E-state index contributed by atoms with van der Waals surface area (Å²) < 4.78 is 19.4. The SMILES string of the molecule is CC(C)(C)C(C(=O)OCc1ccccc1)N1CC(CO)[C@@H](c2cccc(F)c2)C1. The monoisotopic (exact) mass is 399 g/mol. The third kappa shape index (κ3) is 5.22. The molecule has 1 fully saturated rings. The molecule has 5 heteroatoms. The Bertz CT molecular complexity index is 818. The van der Waals surface area contributed by atoms with Gasteiger partial charge in [-0.1, -0.05) is 63.2 Å². The number of carbonyl (C=O) groups is 1. The van der Waals surface area contributed by atoms with Crippen LogP contribution in [0, 0.1) is 17.2 Å². The van der Waals surface area contributed by atoms with E-state index in [0.29, 0.717) is 13.1 Å². The molecule has 156 valence electrons. The third-order valence-electron chi connectivity index (χ3n) is 5.61. The second kappa shape index (κ2) is 9.06. The molecule has 0 saturated carbocycles. The maximum Gasteiger partial charge on any atom is 0.324 e. The quantitative estimate of drug-likeness (QED) is 0.746. The van der Waals surface area contributed by atoms with Gasteiger partial charge in [-0.05, 0) is 28.7 Å². The van der Waals surface area contributed by atoms with Gasteiger partial charge in [0.2, 0.25) is 0 Å². The first kappa shape index (κ1) is 21.5. The molecule has 1 aliphatic rings. The van der Waals surface area contributed by atoms with Crippen LogP contribution in [0.5, 0.6) is 0 Å².